The van der Waals surface area contributed by atoms with Gasteiger partial charge in [0.05, 0.1) is 19.7 Å². The molecule has 3 aliphatic rings. The van der Waals surface area contributed by atoms with Crippen LogP contribution in [0.3, 0.4) is 0 Å². The van der Waals surface area contributed by atoms with Gasteiger partial charge in [-0.3, -0.25) is 0 Å². The third-order valence-electron chi connectivity index (χ3n) is 5.87. The first-order valence-electron chi connectivity index (χ1n) is 8.88. The Morgan fingerprint density at radius 2 is 2.19 bits per heavy atom. The number of hydrogen-bond acceptors (Lipinski definition) is 7. The number of hydrogen-bond donors (Lipinski definition) is 2. The summed E-state index contributed by atoms with van der Waals surface area (Å²) in [6.45, 7) is 2.81. The molecule has 0 aromatic carbocycles. The number of carbonyl (C=O) groups is 2. The van der Waals surface area contributed by atoms with Crippen LogP contribution in [0.15, 0.2) is 23.3 Å². The van der Waals surface area contributed by atoms with Crippen molar-refractivity contribution in [2.24, 2.45) is 5.92 Å². The molecule has 0 aliphatic carbocycles. The molecule has 2 saturated heterocycles. The molecule has 2 fully saturated rings. The summed E-state index contributed by atoms with van der Waals surface area (Å²) < 4.78 is 10.4. The predicted molar refractivity (Wildman–Crippen MR) is 90.3 cm³/mol. The highest BCUT2D eigenvalue weighted by Crippen LogP contribution is 2.39. The highest BCUT2D eigenvalue weighted by Gasteiger charge is 2.51. The van der Waals surface area contributed by atoms with E-state index in [0.717, 1.165) is 0 Å². The van der Waals surface area contributed by atoms with Crippen LogP contribution in [0.2, 0.25) is 0 Å². The van der Waals surface area contributed by atoms with Crippen molar-refractivity contribution in [1.29, 1.82) is 0 Å². The summed E-state index contributed by atoms with van der Waals surface area (Å²) >= 11 is 0. The molecule has 3 rings (SSSR count). The third kappa shape index (κ3) is 2.96. The van der Waals surface area contributed by atoms with E-state index in [1.54, 1.807) is 26.0 Å². The van der Waals surface area contributed by atoms with Crippen LogP contribution in [0.25, 0.3) is 0 Å². The molecule has 0 amide bonds. The smallest absolute Gasteiger partial charge is 0.341 e. The highest BCUT2D eigenvalue weighted by molar-refractivity contribution is 5.89. The Labute approximate surface area is 151 Å². The number of aliphatic hydroxyl groups is 2. The SMILES string of the molecule is CC=C1C[C@@H](C)[C@](O)(CO)C(=O)OCC2=CC[N+]3([O-])CC[C@@H](OC1=O)[C@@H]23. The predicted octanol–water partition coefficient (Wildman–Crippen LogP) is 0.178. The van der Waals surface area contributed by atoms with Crippen molar-refractivity contribution in [1.82, 2.24) is 0 Å². The molecule has 144 valence electrons. The van der Waals surface area contributed by atoms with Crippen molar-refractivity contribution < 1.29 is 33.9 Å². The molecule has 8 nitrogen and oxygen atoms in total. The lowest BCUT2D eigenvalue weighted by molar-refractivity contribution is -0.877. The van der Waals surface area contributed by atoms with Crippen LogP contribution in [-0.2, 0) is 19.1 Å². The molecule has 0 aromatic rings. The maximum Gasteiger partial charge on any atom is 0.341 e. The van der Waals surface area contributed by atoms with Crippen LogP contribution in [0.5, 0.6) is 0 Å². The second-order valence-corrected chi connectivity index (χ2v) is 7.39. The van der Waals surface area contributed by atoms with Gasteiger partial charge in [0, 0.05) is 23.5 Å². The van der Waals surface area contributed by atoms with Crippen molar-refractivity contribution in [3.05, 3.63) is 28.5 Å². The number of quaternary nitrogens is 1. The van der Waals surface area contributed by atoms with Crippen LogP contribution in [0.1, 0.15) is 26.7 Å². The van der Waals surface area contributed by atoms with Crippen molar-refractivity contribution in [3.63, 3.8) is 0 Å². The van der Waals surface area contributed by atoms with Gasteiger partial charge >= 0.3 is 11.9 Å². The normalized spacial score (nSPS) is 42.4. The van der Waals surface area contributed by atoms with E-state index in [4.69, 9.17) is 9.47 Å². The van der Waals surface area contributed by atoms with Crippen molar-refractivity contribution in [2.45, 2.75) is 44.4 Å². The number of allylic oxidation sites excluding steroid dienone is 1. The standard InChI is InChI=1S/C18H25NO7/c1-3-12-8-11(2)18(23,10-20)17(22)25-9-13-4-6-19(24)7-5-14(15(13)19)26-16(12)21/h3-4,11,14-15,20,23H,5-10H2,1-2H3/t11-,14-,15-,18-,19?/m1/s1. The number of ether oxygens (including phenoxy) is 2. The van der Waals surface area contributed by atoms with Gasteiger partial charge in [-0.05, 0) is 19.4 Å². The molecule has 3 heterocycles. The van der Waals surface area contributed by atoms with Crippen LogP contribution < -0.4 is 0 Å². The van der Waals surface area contributed by atoms with Gasteiger partial charge in [0.2, 0.25) is 0 Å². The molecule has 0 aromatic heterocycles. The van der Waals surface area contributed by atoms with Gasteiger partial charge in [0.1, 0.15) is 6.61 Å². The van der Waals surface area contributed by atoms with Gasteiger partial charge in [-0.25, -0.2) is 9.59 Å². The minimum atomic E-state index is -2.13. The Morgan fingerprint density at radius 1 is 1.46 bits per heavy atom. The number of cyclic esters (lactones) is 1. The fourth-order valence-corrected chi connectivity index (χ4v) is 4.08. The van der Waals surface area contributed by atoms with Gasteiger partial charge in [0.15, 0.2) is 17.7 Å². The topological polar surface area (TPSA) is 116 Å². The van der Waals surface area contributed by atoms with Gasteiger partial charge in [-0.2, -0.15) is 0 Å². The maximum atomic E-state index is 12.9. The number of aliphatic hydroxyl groups excluding tert-OH is 1. The summed E-state index contributed by atoms with van der Waals surface area (Å²) in [7, 11) is 0. The molecular weight excluding hydrogens is 342 g/mol. The van der Waals surface area contributed by atoms with E-state index in [2.05, 4.69) is 0 Å². The quantitative estimate of drug-likeness (QED) is 0.223. The van der Waals surface area contributed by atoms with Gasteiger partial charge < -0.3 is 29.5 Å². The van der Waals surface area contributed by atoms with E-state index in [9.17, 15) is 25.0 Å². The second kappa shape index (κ2) is 6.77. The summed E-state index contributed by atoms with van der Waals surface area (Å²) in [6, 6.07) is -0.594. The van der Waals surface area contributed by atoms with Crippen LogP contribution in [-0.4, -0.2) is 70.8 Å². The zero-order valence-electron chi connectivity index (χ0n) is 15.0. The molecular formula is C18H25NO7. The first kappa shape index (κ1) is 19.0. The average molecular weight is 367 g/mol. The number of esters is 2. The molecule has 0 bridgehead atoms. The van der Waals surface area contributed by atoms with Crippen LogP contribution in [0.4, 0.5) is 0 Å². The fourth-order valence-electron chi connectivity index (χ4n) is 4.08. The molecule has 26 heavy (non-hydrogen) atoms. The number of carbonyl (C=O) groups excluding carboxylic acids is 2. The minimum Gasteiger partial charge on any atom is -0.632 e. The van der Waals surface area contributed by atoms with E-state index in [-0.39, 0.29) is 25.1 Å². The van der Waals surface area contributed by atoms with Gasteiger partial charge in [-0.15, -0.1) is 0 Å². The maximum absolute atomic E-state index is 12.9. The molecule has 3 aliphatic heterocycles. The van der Waals surface area contributed by atoms with E-state index in [0.29, 0.717) is 18.5 Å². The van der Waals surface area contributed by atoms with E-state index in [1.807, 2.05) is 0 Å². The van der Waals surface area contributed by atoms with E-state index in [1.165, 1.54) is 0 Å². The summed E-state index contributed by atoms with van der Waals surface area (Å²) in [6.07, 6.45) is 3.22. The lowest BCUT2D eigenvalue weighted by Crippen LogP contribution is -2.51. The third-order valence-corrected chi connectivity index (χ3v) is 5.87. The summed E-state index contributed by atoms with van der Waals surface area (Å²) in [5.41, 5.74) is -1.25. The van der Waals surface area contributed by atoms with Crippen LogP contribution in [0, 0.1) is 11.1 Å². The van der Waals surface area contributed by atoms with Crippen LogP contribution >= 0.6 is 0 Å². The largest absolute Gasteiger partial charge is 0.632 e. The number of rotatable bonds is 1. The van der Waals surface area contributed by atoms with Gasteiger partial charge in [0.25, 0.3) is 0 Å². The Balaban J connectivity index is 1.96. The molecule has 0 saturated carbocycles. The molecule has 8 heteroatoms. The van der Waals surface area contributed by atoms with Crippen molar-refractivity contribution >= 4 is 11.9 Å². The number of hydroxylamine groups is 3. The summed E-state index contributed by atoms with van der Waals surface area (Å²) in [4.78, 5) is 25.0. The Morgan fingerprint density at radius 3 is 2.85 bits per heavy atom. The Kier molecular flexibility index (Phi) is 4.96. The van der Waals surface area contributed by atoms with Crippen molar-refractivity contribution in [2.75, 3.05) is 26.3 Å². The minimum absolute atomic E-state index is 0.0406. The molecule has 0 radical (unpaired) electrons. The highest BCUT2D eigenvalue weighted by atomic mass is 16.6. The number of nitrogens with zero attached hydrogens (tertiary/aromatic N) is 1. The Hall–Kier alpha value is -1.74. The average Bonchev–Trinajstić information content (AvgIpc) is 3.11. The van der Waals surface area contributed by atoms with E-state index < -0.39 is 46.9 Å². The molecule has 0 spiro atoms. The van der Waals surface area contributed by atoms with Gasteiger partial charge in [-0.1, -0.05) is 13.0 Å². The Bertz CT molecular complexity index is 672. The monoisotopic (exact) mass is 367 g/mol. The van der Waals surface area contributed by atoms with E-state index >= 15 is 0 Å². The van der Waals surface area contributed by atoms with Crippen molar-refractivity contribution in [3.8, 4) is 0 Å². The molecule has 2 N–H and O–H groups in total. The lowest BCUT2D eigenvalue weighted by Gasteiger charge is -2.41. The summed E-state index contributed by atoms with van der Waals surface area (Å²) in [5, 5.41) is 33.1. The fraction of sp³-hybridized carbons (Fsp3) is 0.667. The first-order valence-corrected chi connectivity index (χ1v) is 8.88. The summed E-state index contributed by atoms with van der Waals surface area (Å²) in [5.74, 6) is -2.27. The zero-order chi connectivity index (χ0) is 19.1. The first-order chi connectivity index (χ1) is 12.2. The molecule has 5 atom stereocenters. The zero-order valence-corrected chi connectivity index (χ0v) is 15.0. The lowest BCUT2D eigenvalue weighted by atomic mass is 9.84. The second-order valence-electron chi connectivity index (χ2n) is 7.39. The molecule has 1 unspecified atom stereocenters.